The first kappa shape index (κ1) is 16.0. The zero-order valence-electron chi connectivity index (χ0n) is 15.4. The van der Waals surface area contributed by atoms with Gasteiger partial charge in [-0.1, -0.05) is 54.4 Å². The molecular formula is C20H34BBr. The molecule has 0 heterocycles. The third-order valence-electron chi connectivity index (χ3n) is 9.64. The van der Waals surface area contributed by atoms with E-state index < -0.39 is 0 Å². The highest BCUT2D eigenvalue weighted by Gasteiger charge is 2.62. The van der Waals surface area contributed by atoms with Crippen LogP contribution in [0, 0.1) is 46.3 Å². The van der Waals surface area contributed by atoms with E-state index >= 15 is 0 Å². The van der Waals surface area contributed by atoms with Crippen LogP contribution in [0.15, 0.2) is 0 Å². The monoisotopic (exact) mass is 364 g/mol. The maximum atomic E-state index is 4.25. The van der Waals surface area contributed by atoms with Crippen LogP contribution in [0.5, 0.6) is 0 Å². The molecule has 2 heteroatoms. The van der Waals surface area contributed by atoms with Crippen molar-refractivity contribution >= 4 is 21.3 Å². The highest BCUT2D eigenvalue weighted by Crippen LogP contribution is 2.69. The van der Waals surface area contributed by atoms with Gasteiger partial charge >= 0.3 is 0 Å². The molecule has 0 nitrogen and oxygen atoms in total. The van der Waals surface area contributed by atoms with Crippen LogP contribution < -0.4 is 0 Å². The molecule has 0 spiro atoms. The molecule has 6 aliphatic rings. The van der Waals surface area contributed by atoms with E-state index in [1.165, 1.54) is 25.7 Å². The first-order chi connectivity index (χ1) is 10.2. The fraction of sp³-hybridized carbons (Fsp3) is 1.00. The van der Waals surface area contributed by atoms with E-state index in [1.54, 1.807) is 0 Å². The second-order valence-electron chi connectivity index (χ2n) is 10.7. The maximum absolute atomic E-state index is 4.25. The number of hydrogen-bond donors (Lipinski definition) is 0. The van der Waals surface area contributed by atoms with Gasteiger partial charge in [0.15, 0.2) is 0 Å². The third kappa shape index (κ3) is 1.88. The fourth-order valence-electron chi connectivity index (χ4n) is 7.54. The lowest BCUT2D eigenvalue weighted by Gasteiger charge is -2.65. The Morgan fingerprint density at radius 3 is 1.36 bits per heavy atom. The van der Waals surface area contributed by atoms with Crippen molar-refractivity contribution in [2.45, 2.75) is 78.9 Å². The molecule has 6 aliphatic carbocycles. The molecule has 8 atom stereocenters. The lowest BCUT2D eigenvalue weighted by molar-refractivity contribution is -0.106. The van der Waals surface area contributed by atoms with E-state index in [0.29, 0.717) is 10.8 Å². The molecule has 124 valence electrons. The van der Waals surface area contributed by atoms with Gasteiger partial charge in [0.25, 0.3) is 0 Å². The highest BCUT2D eigenvalue weighted by atomic mass is 79.9. The summed E-state index contributed by atoms with van der Waals surface area (Å²) in [5, 5.41) is 0. The lowest BCUT2D eigenvalue weighted by Crippen LogP contribution is -2.58. The zero-order valence-corrected chi connectivity index (χ0v) is 17.0. The molecule has 4 bridgehead atoms. The predicted molar refractivity (Wildman–Crippen MR) is 100 cm³/mol. The first-order valence-corrected chi connectivity index (χ1v) is 10.7. The van der Waals surface area contributed by atoms with E-state index in [9.17, 15) is 0 Å². The highest BCUT2D eigenvalue weighted by molar-refractivity contribution is 9.24. The average molecular weight is 365 g/mol. The molecule has 0 saturated heterocycles. The summed E-state index contributed by atoms with van der Waals surface area (Å²) in [5.74, 6) is 7.69. The molecule has 0 amide bonds. The Labute approximate surface area is 146 Å². The van der Waals surface area contributed by atoms with Crippen molar-refractivity contribution in [3.05, 3.63) is 0 Å². The van der Waals surface area contributed by atoms with Crippen molar-refractivity contribution in [2.24, 2.45) is 46.3 Å². The molecule has 0 radical (unpaired) electrons. The summed E-state index contributed by atoms with van der Waals surface area (Å²) >= 11 is 4.25. The summed E-state index contributed by atoms with van der Waals surface area (Å²) in [6.45, 7) is 15.3. The van der Waals surface area contributed by atoms with Gasteiger partial charge in [-0.15, -0.1) is 0 Å². The molecule has 8 unspecified atom stereocenters. The summed E-state index contributed by atoms with van der Waals surface area (Å²) in [4.78, 5) is 0. The van der Waals surface area contributed by atoms with Crippen LogP contribution in [0.2, 0.25) is 11.6 Å². The first-order valence-electron chi connectivity index (χ1n) is 9.79. The Morgan fingerprint density at radius 2 is 1.09 bits per heavy atom. The molecule has 0 aromatic rings. The van der Waals surface area contributed by atoms with Crippen LogP contribution in [0.4, 0.5) is 0 Å². The van der Waals surface area contributed by atoms with Crippen LogP contribution in [-0.2, 0) is 0 Å². The minimum Gasteiger partial charge on any atom is -0.156 e. The van der Waals surface area contributed by atoms with Gasteiger partial charge in [-0.2, -0.15) is 15.8 Å². The van der Waals surface area contributed by atoms with Gasteiger partial charge in [-0.25, -0.2) is 0 Å². The van der Waals surface area contributed by atoms with Crippen molar-refractivity contribution in [1.82, 2.24) is 0 Å². The van der Waals surface area contributed by atoms with Gasteiger partial charge in [-0.3, -0.25) is 0 Å². The van der Waals surface area contributed by atoms with Crippen LogP contribution >= 0.6 is 15.8 Å². The van der Waals surface area contributed by atoms with Crippen molar-refractivity contribution in [3.8, 4) is 0 Å². The van der Waals surface area contributed by atoms with Crippen molar-refractivity contribution < 1.29 is 0 Å². The minimum atomic E-state index is 0.630. The van der Waals surface area contributed by atoms with E-state index in [1.807, 2.05) is 0 Å². The van der Waals surface area contributed by atoms with Crippen molar-refractivity contribution in [1.29, 1.82) is 0 Å². The molecule has 6 saturated carbocycles. The van der Waals surface area contributed by atoms with Crippen LogP contribution in [-0.4, -0.2) is 5.54 Å². The van der Waals surface area contributed by atoms with Gasteiger partial charge in [0, 0.05) is 0 Å². The number of fused-ring (bicyclic) bond motifs is 4. The molecule has 6 fully saturated rings. The summed E-state index contributed by atoms with van der Waals surface area (Å²) < 4.78 is 0. The van der Waals surface area contributed by atoms with Gasteiger partial charge in [0.05, 0.1) is 0 Å². The summed E-state index contributed by atoms with van der Waals surface area (Å²) in [6, 6.07) is 0. The summed E-state index contributed by atoms with van der Waals surface area (Å²) in [5.41, 5.74) is 2.04. The van der Waals surface area contributed by atoms with Gasteiger partial charge in [0.1, 0.15) is 0 Å². The molecule has 0 aliphatic heterocycles. The Kier molecular flexibility index (Phi) is 3.50. The van der Waals surface area contributed by atoms with Crippen molar-refractivity contribution in [3.63, 3.8) is 0 Å². The smallest absolute Gasteiger partial charge is 0.156 e. The second-order valence-corrected chi connectivity index (χ2v) is 11.7. The molecule has 22 heavy (non-hydrogen) atoms. The largest absolute Gasteiger partial charge is 0.229 e. The molecule has 0 aromatic carbocycles. The standard InChI is InChI=1S/C20H34BBr/c1-11-15-7-13(19(15,3)4)9-17(11)21(22)18-10-14-8-16(12(18)2)20(14,5)6/h11-18H,7-10H2,1-6H3. The normalized spacial score (nSPS) is 54.1. The Hall–Kier alpha value is 0.545. The number of rotatable bonds is 2. The topological polar surface area (TPSA) is 0 Å². The lowest BCUT2D eigenvalue weighted by atomic mass is 9.30. The minimum absolute atomic E-state index is 0.630. The summed E-state index contributed by atoms with van der Waals surface area (Å²) in [6.07, 6.45) is 6.01. The van der Waals surface area contributed by atoms with Crippen LogP contribution in [0.25, 0.3) is 0 Å². The zero-order chi connectivity index (χ0) is 16.0. The Balaban J connectivity index is 1.49. The number of halogens is 1. The van der Waals surface area contributed by atoms with E-state index in [4.69, 9.17) is 0 Å². The molecule has 0 aromatic heterocycles. The van der Waals surface area contributed by atoms with Crippen LogP contribution in [0.1, 0.15) is 67.2 Å². The van der Waals surface area contributed by atoms with Gasteiger partial charge in [-0.05, 0) is 70.8 Å². The Morgan fingerprint density at radius 1 is 0.727 bits per heavy atom. The van der Waals surface area contributed by atoms with Crippen molar-refractivity contribution in [2.75, 3.05) is 0 Å². The average Bonchev–Trinajstić information content (AvgIpc) is 2.45. The second kappa shape index (κ2) is 4.80. The predicted octanol–water partition coefficient (Wildman–Crippen LogP) is 6.52. The van der Waals surface area contributed by atoms with Gasteiger partial charge in [0.2, 0.25) is 5.54 Å². The maximum Gasteiger partial charge on any atom is 0.229 e. The fourth-order valence-corrected chi connectivity index (χ4v) is 8.93. The Bertz CT molecular complexity index is 428. The number of hydrogen-bond acceptors (Lipinski definition) is 0. The van der Waals surface area contributed by atoms with E-state index in [-0.39, 0.29) is 0 Å². The molecular weight excluding hydrogens is 331 g/mol. The molecule has 6 rings (SSSR count). The molecule has 0 N–H and O–H groups in total. The third-order valence-corrected chi connectivity index (χ3v) is 11.0. The SMILES string of the molecule is CC1C(B(Br)C2CC3CC(C2C)C3(C)C)CC2CC1C2(C)C. The van der Waals surface area contributed by atoms with E-state index in [2.05, 4.69) is 57.3 Å². The van der Waals surface area contributed by atoms with E-state index in [0.717, 1.165) is 52.7 Å². The van der Waals surface area contributed by atoms with Crippen LogP contribution in [0.3, 0.4) is 0 Å². The summed E-state index contributed by atoms with van der Waals surface area (Å²) in [7, 11) is 0. The van der Waals surface area contributed by atoms with Gasteiger partial charge < -0.3 is 0 Å². The quantitative estimate of drug-likeness (QED) is 0.489.